The summed E-state index contributed by atoms with van der Waals surface area (Å²) in [6, 6.07) is 66.7. The summed E-state index contributed by atoms with van der Waals surface area (Å²) in [6.45, 7) is 0. The van der Waals surface area contributed by atoms with E-state index >= 15 is 0 Å². The second-order valence-corrected chi connectivity index (χ2v) is 12.1. The smallest absolute Gasteiger partial charge is 0.159 e. The molecule has 0 amide bonds. The molecule has 0 unspecified atom stereocenters. The van der Waals surface area contributed by atoms with Gasteiger partial charge in [0, 0.05) is 27.5 Å². The molecular formula is C46H31NO. The first-order chi connectivity index (χ1) is 23.8. The van der Waals surface area contributed by atoms with E-state index in [0.29, 0.717) is 0 Å². The van der Waals surface area contributed by atoms with Crippen LogP contribution in [-0.4, -0.2) is 0 Å². The third kappa shape index (κ3) is 4.83. The van der Waals surface area contributed by atoms with Crippen LogP contribution in [0.4, 0.5) is 17.1 Å². The minimum atomic E-state index is 0.868. The van der Waals surface area contributed by atoms with E-state index in [-0.39, 0.29) is 0 Å². The Labute approximate surface area is 279 Å². The fraction of sp³-hybridized carbons (Fsp3) is 0. The van der Waals surface area contributed by atoms with Gasteiger partial charge in [0.1, 0.15) is 5.58 Å². The molecule has 0 saturated carbocycles. The SMILES string of the molecule is c1ccc(-c2ccc(-c3ccc(N(c4ccccc4)c4cccc5c4oc4c6ccccc6c(-c6ccccc6)cc54)cc3)cc2)cc1. The van der Waals surface area contributed by atoms with Gasteiger partial charge in [-0.2, -0.15) is 0 Å². The molecule has 0 N–H and O–H groups in total. The lowest BCUT2D eigenvalue weighted by atomic mass is 9.95. The van der Waals surface area contributed by atoms with Crippen LogP contribution in [-0.2, 0) is 0 Å². The maximum Gasteiger partial charge on any atom is 0.159 e. The molecule has 0 saturated heterocycles. The molecule has 9 rings (SSSR count). The fourth-order valence-corrected chi connectivity index (χ4v) is 6.93. The van der Waals surface area contributed by atoms with E-state index in [4.69, 9.17) is 4.42 Å². The molecule has 226 valence electrons. The van der Waals surface area contributed by atoms with Crippen LogP contribution >= 0.6 is 0 Å². The number of para-hydroxylation sites is 2. The van der Waals surface area contributed by atoms with Crippen molar-refractivity contribution >= 4 is 49.8 Å². The zero-order valence-corrected chi connectivity index (χ0v) is 26.3. The number of hydrogen-bond acceptors (Lipinski definition) is 2. The van der Waals surface area contributed by atoms with Gasteiger partial charge in [-0.15, -0.1) is 0 Å². The molecule has 8 aromatic carbocycles. The third-order valence-electron chi connectivity index (χ3n) is 9.27. The molecule has 0 aliphatic heterocycles. The Morgan fingerprint density at radius 3 is 1.42 bits per heavy atom. The van der Waals surface area contributed by atoms with Crippen molar-refractivity contribution in [2.75, 3.05) is 4.90 Å². The second-order valence-electron chi connectivity index (χ2n) is 12.1. The number of hydrogen-bond donors (Lipinski definition) is 0. The molecule has 0 atom stereocenters. The van der Waals surface area contributed by atoms with Crippen molar-refractivity contribution in [3.8, 4) is 33.4 Å². The molecule has 48 heavy (non-hydrogen) atoms. The van der Waals surface area contributed by atoms with Crippen molar-refractivity contribution in [1.29, 1.82) is 0 Å². The molecule has 0 aliphatic carbocycles. The van der Waals surface area contributed by atoms with Crippen LogP contribution in [0.5, 0.6) is 0 Å². The Bertz CT molecular complexity index is 2520. The third-order valence-corrected chi connectivity index (χ3v) is 9.27. The van der Waals surface area contributed by atoms with Gasteiger partial charge in [0.2, 0.25) is 0 Å². The van der Waals surface area contributed by atoms with Crippen molar-refractivity contribution in [1.82, 2.24) is 0 Å². The number of nitrogens with zero attached hydrogens (tertiary/aromatic N) is 1. The normalized spacial score (nSPS) is 11.3. The number of fused-ring (bicyclic) bond motifs is 5. The predicted octanol–water partition coefficient (Wildman–Crippen LogP) is 13.2. The van der Waals surface area contributed by atoms with Crippen LogP contribution < -0.4 is 4.90 Å². The molecule has 0 bridgehead atoms. The van der Waals surface area contributed by atoms with Gasteiger partial charge in [-0.3, -0.25) is 0 Å². The average Bonchev–Trinajstić information content (AvgIpc) is 3.56. The van der Waals surface area contributed by atoms with Crippen LogP contribution in [0.15, 0.2) is 192 Å². The summed E-state index contributed by atoms with van der Waals surface area (Å²) in [5.41, 5.74) is 12.1. The molecule has 2 nitrogen and oxygen atoms in total. The minimum Gasteiger partial charge on any atom is -0.453 e. The van der Waals surface area contributed by atoms with E-state index in [1.165, 1.54) is 38.8 Å². The van der Waals surface area contributed by atoms with Gasteiger partial charge in [0.25, 0.3) is 0 Å². The standard InChI is InChI=1S/C46H31NO/c1-4-13-32(14-5-1)33-23-25-34(26-24-33)35-27-29-38(30-28-35)47(37-17-8-3-9-18-37)44-22-12-21-41-43-31-42(36-15-6-2-7-16-36)39-19-10-11-20-40(39)45(43)48-46(41)44/h1-31H. The summed E-state index contributed by atoms with van der Waals surface area (Å²) in [7, 11) is 0. The van der Waals surface area contributed by atoms with Crippen LogP contribution in [0.25, 0.3) is 66.1 Å². The average molecular weight is 614 g/mol. The van der Waals surface area contributed by atoms with Gasteiger partial charge in [0.15, 0.2) is 5.58 Å². The van der Waals surface area contributed by atoms with Gasteiger partial charge < -0.3 is 9.32 Å². The van der Waals surface area contributed by atoms with Crippen LogP contribution in [0.3, 0.4) is 0 Å². The number of benzene rings is 8. The summed E-state index contributed by atoms with van der Waals surface area (Å²) in [6.07, 6.45) is 0. The second kappa shape index (κ2) is 11.8. The Kier molecular flexibility index (Phi) is 6.84. The van der Waals surface area contributed by atoms with Crippen LogP contribution in [0.1, 0.15) is 0 Å². The largest absolute Gasteiger partial charge is 0.453 e. The molecule has 0 spiro atoms. The molecule has 0 aliphatic rings. The summed E-state index contributed by atoms with van der Waals surface area (Å²) >= 11 is 0. The highest BCUT2D eigenvalue weighted by Crippen LogP contribution is 2.45. The Balaban J connectivity index is 1.18. The van der Waals surface area contributed by atoms with Crippen molar-refractivity contribution < 1.29 is 4.42 Å². The number of anilines is 3. The quantitative estimate of drug-likeness (QED) is 0.185. The first kappa shape index (κ1) is 27.9. The maximum atomic E-state index is 6.91. The van der Waals surface area contributed by atoms with E-state index in [0.717, 1.165) is 44.4 Å². The van der Waals surface area contributed by atoms with Crippen molar-refractivity contribution in [3.05, 3.63) is 188 Å². The Morgan fingerprint density at radius 1 is 0.312 bits per heavy atom. The first-order valence-corrected chi connectivity index (χ1v) is 16.4. The lowest BCUT2D eigenvalue weighted by molar-refractivity contribution is 0.673. The fourth-order valence-electron chi connectivity index (χ4n) is 6.93. The molecular weight excluding hydrogens is 583 g/mol. The lowest BCUT2D eigenvalue weighted by Gasteiger charge is -2.25. The topological polar surface area (TPSA) is 16.4 Å². The van der Waals surface area contributed by atoms with Gasteiger partial charge in [-0.1, -0.05) is 152 Å². The summed E-state index contributed by atoms with van der Waals surface area (Å²) in [5.74, 6) is 0. The summed E-state index contributed by atoms with van der Waals surface area (Å²) < 4.78 is 6.91. The summed E-state index contributed by atoms with van der Waals surface area (Å²) in [5, 5.41) is 4.52. The minimum absolute atomic E-state index is 0.868. The molecule has 2 heteroatoms. The lowest BCUT2D eigenvalue weighted by Crippen LogP contribution is -2.10. The zero-order chi connectivity index (χ0) is 31.9. The summed E-state index contributed by atoms with van der Waals surface area (Å²) in [4.78, 5) is 2.30. The van der Waals surface area contributed by atoms with Gasteiger partial charge >= 0.3 is 0 Å². The maximum absolute atomic E-state index is 6.91. The highest BCUT2D eigenvalue weighted by Gasteiger charge is 2.21. The Hall–Kier alpha value is -6.38. The highest BCUT2D eigenvalue weighted by molar-refractivity contribution is 6.21. The van der Waals surface area contributed by atoms with E-state index in [9.17, 15) is 0 Å². The van der Waals surface area contributed by atoms with E-state index in [1.54, 1.807) is 0 Å². The van der Waals surface area contributed by atoms with Crippen molar-refractivity contribution in [2.45, 2.75) is 0 Å². The van der Waals surface area contributed by atoms with E-state index in [1.807, 2.05) is 0 Å². The van der Waals surface area contributed by atoms with Crippen LogP contribution in [0, 0.1) is 0 Å². The zero-order valence-electron chi connectivity index (χ0n) is 26.3. The molecule has 0 radical (unpaired) electrons. The monoisotopic (exact) mass is 613 g/mol. The highest BCUT2D eigenvalue weighted by atomic mass is 16.3. The van der Waals surface area contributed by atoms with Crippen molar-refractivity contribution in [3.63, 3.8) is 0 Å². The van der Waals surface area contributed by atoms with Crippen LogP contribution in [0.2, 0.25) is 0 Å². The Morgan fingerprint density at radius 2 is 0.771 bits per heavy atom. The number of furan rings is 1. The predicted molar refractivity (Wildman–Crippen MR) is 202 cm³/mol. The van der Waals surface area contributed by atoms with Crippen molar-refractivity contribution in [2.24, 2.45) is 0 Å². The molecule has 1 aromatic heterocycles. The molecule has 0 fully saturated rings. The molecule has 1 heterocycles. The number of rotatable bonds is 6. The van der Waals surface area contributed by atoms with Gasteiger partial charge in [0.05, 0.1) is 5.69 Å². The van der Waals surface area contributed by atoms with E-state index < -0.39 is 0 Å². The van der Waals surface area contributed by atoms with Gasteiger partial charge in [-0.05, 0) is 75.2 Å². The van der Waals surface area contributed by atoms with E-state index in [2.05, 4.69) is 193 Å². The molecule has 9 aromatic rings. The first-order valence-electron chi connectivity index (χ1n) is 16.4. The van der Waals surface area contributed by atoms with Gasteiger partial charge in [-0.25, -0.2) is 0 Å².